The van der Waals surface area contributed by atoms with Crippen molar-refractivity contribution in [3.8, 4) is 11.5 Å². The van der Waals surface area contributed by atoms with Crippen LogP contribution in [0.1, 0.15) is 75.0 Å². The Kier molecular flexibility index (Phi) is 9.92. The minimum Gasteiger partial charge on any atom is -0.493 e. The molecule has 0 N–H and O–H groups in total. The maximum atomic E-state index is 13.7. The molecule has 0 bridgehead atoms. The van der Waals surface area contributed by atoms with Crippen molar-refractivity contribution >= 4 is 17.7 Å². The zero-order valence-corrected chi connectivity index (χ0v) is 21.4. The lowest BCUT2D eigenvalue weighted by Crippen LogP contribution is -2.30. The SMILES string of the molecule is CCC(C)[C@@H](c1ccc(F)cc1C)[C@H](C)OC(=O)[C@H](C)CC(=O)c1nccc(OC)c1OC(C)=O. The summed E-state index contributed by atoms with van der Waals surface area (Å²) < 4.78 is 29.8. The first-order chi connectivity index (χ1) is 16.5. The number of ether oxygens (including phenoxy) is 3. The highest BCUT2D eigenvalue weighted by Crippen LogP contribution is 2.35. The average molecular weight is 488 g/mol. The first-order valence-electron chi connectivity index (χ1n) is 11.7. The summed E-state index contributed by atoms with van der Waals surface area (Å²) in [5.74, 6) is -2.58. The summed E-state index contributed by atoms with van der Waals surface area (Å²) >= 11 is 0. The maximum absolute atomic E-state index is 13.7. The number of ketones is 1. The van der Waals surface area contributed by atoms with Gasteiger partial charge in [0.25, 0.3) is 0 Å². The van der Waals surface area contributed by atoms with E-state index in [0.717, 1.165) is 17.5 Å². The molecule has 0 aliphatic carbocycles. The van der Waals surface area contributed by atoms with Gasteiger partial charge in [0.1, 0.15) is 11.9 Å². The third-order valence-corrected chi connectivity index (χ3v) is 6.15. The van der Waals surface area contributed by atoms with Crippen LogP contribution in [-0.2, 0) is 14.3 Å². The molecule has 0 fully saturated rings. The summed E-state index contributed by atoms with van der Waals surface area (Å²) in [5.41, 5.74) is 1.63. The molecule has 4 atom stereocenters. The fraction of sp³-hybridized carbons (Fsp3) is 0.481. The molecule has 0 radical (unpaired) electrons. The van der Waals surface area contributed by atoms with Crippen LogP contribution in [0.5, 0.6) is 11.5 Å². The lowest BCUT2D eigenvalue weighted by molar-refractivity contribution is -0.154. The number of benzene rings is 1. The van der Waals surface area contributed by atoms with Gasteiger partial charge in [-0.2, -0.15) is 0 Å². The van der Waals surface area contributed by atoms with Crippen LogP contribution in [0.25, 0.3) is 0 Å². The van der Waals surface area contributed by atoms with E-state index < -0.39 is 29.7 Å². The Balaban J connectivity index is 2.19. The fourth-order valence-electron chi connectivity index (χ4n) is 4.15. The van der Waals surface area contributed by atoms with Crippen LogP contribution in [0.2, 0.25) is 0 Å². The topological polar surface area (TPSA) is 91.8 Å². The minimum absolute atomic E-state index is 0.0787. The Labute approximate surface area is 206 Å². The molecule has 0 aliphatic rings. The molecule has 2 rings (SSSR count). The number of Topliss-reactive ketones (excluding diaryl/α,β-unsaturated/α-hetero) is 1. The van der Waals surface area contributed by atoms with Crippen LogP contribution in [0.3, 0.4) is 0 Å². The molecule has 8 heteroatoms. The van der Waals surface area contributed by atoms with E-state index in [4.69, 9.17) is 14.2 Å². The largest absolute Gasteiger partial charge is 0.493 e. The van der Waals surface area contributed by atoms with Crippen molar-refractivity contribution in [3.63, 3.8) is 0 Å². The number of pyridine rings is 1. The van der Waals surface area contributed by atoms with E-state index >= 15 is 0 Å². The van der Waals surface area contributed by atoms with Gasteiger partial charge in [0, 0.05) is 31.5 Å². The number of rotatable bonds is 11. The third-order valence-electron chi connectivity index (χ3n) is 6.15. The summed E-state index contributed by atoms with van der Waals surface area (Å²) in [6.45, 7) is 10.6. The standard InChI is InChI=1S/C27H34FNO6/c1-8-15(2)24(21-10-9-20(28)13-16(21)3)18(5)34-27(32)17(4)14-22(31)25-26(35-19(6)30)23(33-7)11-12-29-25/h9-13,15,17-18,24H,8,14H2,1-7H3/t15?,17-,18+,24-/m1/s1. The van der Waals surface area contributed by atoms with Crippen molar-refractivity contribution in [3.05, 3.63) is 53.1 Å². The van der Waals surface area contributed by atoms with Gasteiger partial charge in [-0.25, -0.2) is 9.37 Å². The summed E-state index contributed by atoms with van der Waals surface area (Å²) in [4.78, 5) is 41.4. The number of nitrogens with zero attached hydrogens (tertiary/aromatic N) is 1. The molecule has 1 unspecified atom stereocenters. The molecule has 0 saturated carbocycles. The second kappa shape index (κ2) is 12.4. The second-order valence-electron chi connectivity index (χ2n) is 8.87. The van der Waals surface area contributed by atoms with Gasteiger partial charge in [-0.15, -0.1) is 0 Å². The summed E-state index contributed by atoms with van der Waals surface area (Å²) in [5, 5.41) is 0. The number of methoxy groups -OCH3 is 1. The van der Waals surface area contributed by atoms with Gasteiger partial charge in [-0.05, 0) is 43.0 Å². The van der Waals surface area contributed by atoms with E-state index in [0.29, 0.717) is 0 Å². The van der Waals surface area contributed by atoms with Gasteiger partial charge < -0.3 is 14.2 Å². The summed E-state index contributed by atoms with van der Waals surface area (Å²) in [7, 11) is 1.38. The van der Waals surface area contributed by atoms with Gasteiger partial charge in [0.05, 0.1) is 13.0 Å². The van der Waals surface area contributed by atoms with E-state index in [2.05, 4.69) is 11.9 Å². The van der Waals surface area contributed by atoms with Gasteiger partial charge >= 0.3 is 11.9 Å². The maximum Gasteiger partial charge on any atom is 0.309 e. The van der Waals surface area contributed by atoms with Crippen molar-refractivity contribution in [1.29, 1.82) is 0 Å². The smallest absolute Gasteiger partial charge is 0.309 e. The molecule has 0 amide bonds. The van der Waals surface area contributed by atoms with Gasteiger partial charge in [0.15, 0.2) is 17.2 Å². The molecule has 2 aromatic rings. The fourth-order valence-corrected chi connectivity index (χ4v) is 4.15. The second-order valence-corrected chi connectivity index (χ2v) is 8.87. The molecule has 35 heavy (non-hydrogen) atoms. The third kappa shape index (κ3) is 7.10. The van der Waals surface area contributed by atoms with E-state index in [1.54, 1.807) is 13.0 Å². The number of hydrogen-bond donors (Lipinski definition) is 0. The Hall–Kier alpha value is -3.29. The van der Waals surface area contributed by atoms with Crippen LogP contribution in [0, 0.1) is 24.6 Å². The zero-order valence-electron chi connectivity index (χ0n) is 21.4. The molecule has 1 aromatic carbocycles. The first-order valence-corrected chi connectivity index (χ1v) is 11.7. The number of aryl methyl sites for hydroxylation is 1. The first kappa shape index (κ1) is 28.0. The lowest BCUT2D eigenvalue weighted by atomic mass is 9.80. The van der Waals surface area contributed by atoms with Crippen LogP contribution >= 0.6 is 0 Å². The monoisotopic (exact) mass is 487 g/mol. The quantitative estimate of drug-likeness (QED) is 0.308. The van der Waals surface area contributed by atoms with Crippen molar-refractivity contribution in [2.24, 2.45) is 11.8 Å². The van der Waals surface area contributed by atoms with Gasteiger partial charge in [-0.3, -0.25) is 14.4 Å². The number of halogens is 1. The molecule has 0 spiro atoms. The highest BCUT2D eigenvalue weighted by atomic mass is 19.1. The van der Waals surface area contributed by atoms with Crippen molar-refractivity contribution < 1.29 is 33.0 Å². The number of esters is 2. The Bertz CT molecular complexity index is 1070. The van der Waals surface area contributed by atoms with Crippen LogP contribution in [0.4, 0.5) is 4.39 Å². The minimum atomic E-state index is -0.768. The Morgan fingerprint density at radius 1 is 1.11 bits per heavy atom. The van der Waals surface area contributed by atoms with E-state index in [1.807, 2.05) is 20.8 Å². The normalized spacial score (nSPS) is 14.4. The van der Waals surface area contributed by atoms with Gasteiger partial charge in [0.2, 0.25) is 5.75 Å². The van der Waals surface area contributed by atoms with Crippen LogP contribution in [0.15, 0.2) is 30.5 Å². The van der Waals surface area contributed by atoms with Crippen LogP contribution in [-0.4, -0.2) is 35.9 Å². The van der Waals surface area contributed by atoms with Crippen LogP contribution < -0.4 is 9.47 Å². The molecular weight excluding hydrogens is 453 g/mol. The molecular formula is C27H34FNO6. The number of hydrogen-bond acceptors (Lipinski definition) is 7. The predicted octanol–water partition coefficient (Wildman–Crippen LogP) is 5.43. The van der Waals surface area contributed by atoms with E-state index in [1.165, 1.54) is 38.4 Å². The van der Waals surface area contributed by atoms with E-state index in [-0.39, 0.29) is 41.3 Å². The van der Waals surface area contributed by atoms with Gasteiger partial charge in [-0.1, -0.05) is 33.3 Å². The average Bonchev–Trinajstić information content (AvgIpc) is 2.79. The summed E-state index contributed by atoms with van der Waals surface area (Å²) in [6, 6.07) is 6.10. The number of carbonyl (C=O) groups is 3. The summed E-state index contributed by atoms with van der Waals surface area (Å²) in [6.07, 6.45) is 1.53. The number of aromatic nitrogens is 1. The Morgan fingerprint density at radius 3 is 2.37 bits per heavy atom. The van der Waals surface area contributed by atoms with Crippen molar-refractivity contribution in [2.45, 2.75) is 66.4 Å². The highest BCUT2D eigenvalue weighted by Gasteiger charge is 2.31. The Morgan fingerprint density at radius 2 is 1.80 bits per heavy atom. The molecule has 0 aliphatic heterocycles. The zero-order chi connectivity index (χ0) is 26.3. The van der Waals surface area contributed by atoms with Crippen molar-refractivity contribution in [2.75, 3.05) is 7.11 Å². The van der Waals surface area contributed by atoms with Crippen molar-refractivity contribution in [1.82, 2.24) is 4.98 Å². The molecule has 0 saturated heterocycles. The molecule has 190 valence electrons. The molecule has 1 heterocycles. The lowest BCUT2D eigenvalue weighted by Gasteiger charge is -2.31. The molecule has 1 aromatic heterocycles. The van der Waals surface area contributed by atoms with E-state index in [9.17, 15) is 18.8 Å². The number of carbonyl (C=O) groups excluding carboxylic acids is 3. The highest BCUT2D eigenvalue weighted by molar-refractivity contribution is 5.99. The molecule has 7 nitrogen and oxygen atoms in total. The predicted molar refractivity (Wildman–Crippen MR) is 129 cm³/mol.